The van der Waals surface area contributed by atoms with Crippen LogP contribution in [0.4, 0.5) is 5.69 Å². The Hall–Kier alpha value is -3.87. The Kier molecular flexibility index (Phi) is 8.88. The zero-order valence-electron chi connectivity index (χ0n) is 27.5. The third-order valence-corrected chi connectivity index (χ3v) is 9.89. The van der Waals surface area contributed by atoms with Gasteiger partial charge in [0, 0.05) is 53.5 Å². The summed E-state index contributed by atoms with van der Waals surface area (Å²) >= 11 is 13.6. The molecule has 1 aliphatic heterocycles. The van der Waals surface area contributed by atoms with E-state index in [-0.39, 0.29) is 50.7 Å². The van der Waals surface area contributed by atoms with Crippen LogP contribution in [0.5, 0.6) is 5.75 Å². The van der Waals surface area contributed by atoms with Crippen LogP contribution in [0.15, 0.2) is 89.3 Å². The van der Waals surface area contributed by atoms with E-state index >= 15 is 0 Å². The first-order valence-corrected chi connectivity index (χ1v) is 16.8. The van der Waals surface area contributed by atoms with Gasteiger partial charge in [-0.3, -0.25) is 14.4 Å². The Morgan fingerprint density at radius 1 is 0.830 bits per heavy atom. The van der Waals surface area contributed by atoms with Gasteiger partial charge in [-0.15, -0.1) is 0 Å². The van der Waals surface area contributed by atoms with Crippen molar-refractivity contribution >= 4 is 46.4 Å². The van der Waals surface area contributed by atoms with Crippen LogP contribution in [-0.2, 0) is 20.9 Å². The van der Waals surface area contributed by atoms with Crippen molar-refractivity contribution in [2.45, 2.75) is 72.8 Å². The van der Waals surface area contributed by atoms with Gasteiger partial charge in [-0.25, -0.2) is 0 Å². The fourth-order valence-corrected chi connectivity index (χ4v) is 7.87. The molecule has 0 fully saturated rings. The van der Waals surface area contributed by atoms with Crippen molar-refractivity contribution in [3.8, 4) is 5.75 Å². The molecule has 47 heavy (non-hydrogen) atoms. The molecule has 0 unspecified atom stereocenters. The van der Waals surface area contributed by atoms with Gasteiger partial charge in [-0.2, -0.15) is 0 Å². The first-order chi connectivity index (χ1) is 22.2. The number of anilines is 1. The molecule has 8 heteroatoms. The largest absolute Gasteiger partial charge is 0.481 e. The van der Waals surface area contributed by atoms with E-state index in [2.05, 4.69) is 50.0 Å². The molecule has 0 saturated heterocycles. The highest BCUT2D eigenvalue weighted by Gasteiger charge is 2.49. The molecule has 3 aliphatic rings. The minimum Gasteiger partial charge on any atom is -0.481 e. The van der Waals surface area contributed by atoms with Crippen LogP contribution in [0, 0.1) is 17.8 Å². The van der Waals surface area contributed by atoms with Crippen molar-refractivity contribution in [1.29, 1.82) is 0 Å². The number of aryl methyl sites for hydroxylation is 1. The van der Waals surface area contributed by atoms with Crippen LogP contribution >= 0.6 is 23.2 Å². The third kappa shape index (κ3) is 6.77. The summed E-state index contributed by atoms with van der Waals surface area (Å²) in [6.07, 6.45) is 2.15. The molecule has 0 saturated carbocycles. The van der Waals surface area contributed by atoms with Crippen molar-refractivity contribution in [3.05, 3.63) is 116 Å². The highest BCUT2D eigenvalue weighted by molar-refractivity contribution is 6.37. The molecule has 1 N–H and O–H groups in total. The number of carbonyl (C=O) groups is 3. The maximum atomic E-state index is 14.2. The number of Topliss-reactive ketones (excluding diaryl/α,β-unsaturated/α-hetero) is 2. The lowest BCUT2D eigenvalue weighted by Crippen LogP contribution is -2.44. The van der Waals surface area contributed by atoms with E-state index in [1.807, 2.05) is 49.4 Å². The topological polar surface area (TPSA) is 75.7 Å². The molecular weight excluding hydrogens is 631 g/mol. The van der Waals surface area contributed by atoms with Gasteiger partial charge in [0.25, 0.3) is 5.91 Å². The van der Waals surface area contributed by atoms with Crippen LogP contribution < -0.4 is 10.1 Å². The highest BCUT2D eigenvalue weighted by atomic mass is 35.5. The summed E-state index contributed by atoms with van der Waals surface area (Å²) in [7, 11) is 0. The predicted molar refractivity (Wildman–Crippen MR) is 187 cm³/mol. The van der Waals surface area contributed by atoms with Crippen molar-refractivity contribution in [1.82, 2.24) is 4.90 Å². The van der Waals surface area contributed by atoms with Gasteiger partial charge < -0.3 is 15.0 Å². The highest BCUT2D eigenvalue weighted by Crippen LogP contribution is 2.55. The number of ketones is 2. The summed E-state index contributed by atoms with van der Waals surface area (Å²) in [4.78, 5) is 43.3. The Morgan fingerprint density at radius 2 is 1.36 bits per heavy atom. The molecule has 6 nitrogen and oxygen atoms in total. The van der Waals surface area contributed by atoms with E-state index in [1.165, 1.54) is 0 Å². The Morgan fingerprint density at radius 3 is 1.91 bits per heavy atom. The summed E-state index contributed by atoms with van der Waals surface area (Å²) < 4.78 is 5.84. The third-order valence-electron chi connectivity index (χ3n) is 9.33. The number of ether oxygens (including phenoxy) is 1. The van der Waals surface area contributed by atoms with Crippen LogP contribution in [0.1, 0.15) is 76.0 Å². The molecular formula is C39H40Cl2N2O4. The minimum absolute atomic E-state index is 0.0314. The van der Waals surface area contributed by atoms with Crippen molar-refractivity contribution < 1.29 is 19.1 Å². The summed E-state index contributed by atoms with van der Waals surface area (Å²) in [5, 5.41) is 3.26. The quantitative estimate of drug-likeness (QED) is 0.271. The maximum Gasteiger partial charge on any atom is 0.262 e. The Bertz CT molecular complexity index is 1760. The number of rotatable bonds is 7. The van der Waals surface area contributed by atoms with Crippen LogP contribution in [-0.4, -0.2) is 29.0 Å². The number of hydrogen-bond acceptors (Lipinski definition) is 5. The molecule has 0 aromatic heterocycles. The predicted octanol–water partition coefficient (Wildman–Crippen LogP) is 9.21. The number of allylic oxidation sites excluding steroid dienone is 4. The smallest absolute Gasteiger partial charge is 0.262 e. The second-order valence-corrected chi connectivity index (χ2v) is 15.4. The van der Waals surface area contributed by atoms with E-state index in [1.54, 1.807) is 12.1 Å². The molecule has 3 aromatic carbocycles. The fraction of sp³-hybridized carbons (Fsp3) is 0.359. The lowest BCUT2D eigenvalue weighted by molar-refractivity contribution is -0.120. The van der Waals surface area contributed by atoms with E-state index < -0.39 is 5.92 Å². The van der Waals surface area contributed by atoms with Gasteiger partial charge in [-0.05, 0) is 65.5 Å². The number of para-hydroxylation sites is 1. The SMILES string of the molecule is Cc1ccccc1NC(=O)COc1c(Cl)cc(C2C3=C(CC(C)(C)CC3=O)N(Cc3ccccc3)C3=C2C(=O)CC(C)(C)C3)cc1Cl. The Balaban J connectivity index is 1.41. The summed E-state index contributed by atoms with van der Waals surface area (Å²) in [5.41, 5.74) is 6.12. The first-order valence-electron chi connectivity index (χ1n) is 16.0. The zero-order valence-corrected chi connectivity index (χ0v) is 29.0. The van der Waals surface area contributed by atoms with Crippen LogP contribution in [0.2, 0.25) is 10.0 Å². The lowest BCUT2D eigenvalue weighted by Gasteiger charge is -2.49. The van der Waals surface area contributed by atoms with Crippen LogP contribution in [0.3, 0.4) is 0 Å². The van der Waals surface area contributed by atoms with E-state index in [9.17, 15) is 14.4 Å². The number of amides is 1. The van der Waals surface area contributed by atoms with Crippen molar-refractivity contribution in [2.24, 2.45) is 10.8 Å². The maximum absolute atomic E-state index is 14.2. The second-order valence-electron chi connectivity index (χ2n) is 14.6. The van der Waals surface area contributed by atoms with E-state index in [0.717, 1.165) is 22.5 Å². The minimum atomic E-state index is -0.604. The molecule has 1 amide bonds. The average molecular weight is 672 g/mol. The van der Waals surface area contributed by atoms with E-state index in [4.69, 9.17) is 27.9 Å². The second kappa shape index (κ2) is 12.6. The lowest BCUT2D eigenvalue weighted by atomic mass is 9.63. The summed E-state index contributed by atoms with van der Waals surface area (Å²) in [6.45, 7) is 10.7. The molecule has 3 aromatic rings. The zero-order chi connectivity index (χ0) is 33.7. The molecule has 0 spiro atoms. The standard InChI is InChI=1S/C39H40Cl2N2O4/c1-23-11-9-10-14-28(23)42-33(46)22-47-37-26(40)15-25(16-27(37)41)34-35-29(17-38(2,3)19-31(35)44)43(21-24-12-7-6-8-13-24)30-18-39(4,5)20-32(45)36(30)34/h6-16,34H,17-22H2,1-5H3,(H,42,46). The van der Waals surface area contributed by atoms with Crippen LogP contribution in [0.25, 0.3) is 0 Å². The number of hydrogen-bond donors (Lipinski definition) is 1. The number of benzene rings is 3. The number of nitrogens with one attached hydrogen (secondary N) is 1. The molecule has 6 rings (SSSR count). The fourth-order valence-electron chi connectivity index (χ4n) is 7.26. The number of nitrogens with zero attached hydrogens (tertiary/aromatic N) is 1. The van der Waals surface area contributed by atoms with Gasteiger partial charge in [0.2, 0.25) is 0 Å². The Labute approximate surface area is 286 Å². The molecule has 0 radical (unpaired) electrons. The first kappa shape index (κ1) is 33.0. The average Bonchev–Trinajstić information content (AvgIpc) is 2.98. The van der Waals surface area contributed by atoms with Gasteiger partial charge in [-0.1, -0.05) is 99.4 Å². The van der Waals surface area contributed by atoms with Gasteiger partial charge >= 0.3 is 0 Å². The normalized spacial score (nSPS) is 19.0. The van der Waals surface area contributed by atoms with Gasteiger partial charge in [0.05, 0.1) is 10.0 Å². The number of carbonyl (C=O) groups excluding carboxylic acids is 3. The van der Waals surface area contributed by atoms with Crippen molar-refractivity contribution in [3.63, 3.8) is 0 Å². The number of halogens is 2. The molecule has 2 aliphatic carbocycles. The van der Waals surface area contributed by atoms with Crippen molar-refractivity contribution in [2.75, 3.05) is 11.9 Å². The van der Waals surface area contributed by atoms with Gasteiger partial charge in [0.15, 0.2) is 23.9 Å². The molecule has 244 valence electrons. The monoisotopic (exact) mass is 670 g/mol. The van der Waals surface area contributed by atoms with Gasteiger partial charge in [0.1, 0.15) is 0 Å². The molecule has 1 heterocycles. The summed E-state index contributed by atoms with van der Waals surface area (Å²) in [5.74, 6) is -0.716. The molecule has 0 bridgehead atoms. The molecule has 0 atom stereocenters. The van der Waals surface area contributed by atoms with E-state index in [0.29, 0.717) is 54.6 Å². The summed E-state index contributed by atoms with van der Waals surface area (Å²) in [6, 6.07) is 21.1.